The van der Waals surface area contributed by atoms with Gasteiger partial charge in [-0.3, -0.25) is 4.79 Å². The van der Waals surface area contributed by atoms with Crippen molar-refractivity contribution in [1.82, 2.24) is 29.8 Å². The topological polar surface area (TPSA) is 161 Å². The lowest BCUT2D eigenvalue weighted by Gasteiger charge is -2.05. The summed E-state index contributed by atoms with van der Waals surface area (Å²) >= 11 is 1.19. The molecule has 0 fully saturated rings. The SMILES string of the molecule is NS(=O)(=O)c1ccc(NC(=O)CSc2nnc3nnc4c5ccccc5[nH]c4n23)cc1. The molecule has 0 unspecified atom stereocenters. The summed E-state index contributed by atoms with van der Waals surface area (Å²) < 4.78 is 24.4. The molecule has 156 valence electrons. The zero-order valence-corrected chi connectivity index (χ0v) is 17.3. The van der Waals surface area contributed by atoms with E-state index in [9.17, 15) is 13.2 Å². The number of aromatic amines is 1. The molecule has 2 aromatic carbocycles. The molecule has 5 aromatic rings. The molecule has 0 spiro atoms. The van der Waals surface area contributed by atoms with Crippen LogP contribution in [0.5, 0.6) is 0 Å². The number of rotatable bonds is 5. The quantitative estimate of drug-likeness (QED) is 0.337. The fraction of sp³-hybridized carbons (Fsp3) is 0.0556. The van der Waals surface area contributed by atoms with Gasteiger partial charge in [0.05, 0.1) is 10.6 Å². The number of thioether (sulfide) groups is 1. The molecule has 1 amide bonds. The van der Waals surface area contributed by atoms with Crippen molar-refractivity contribution < 1.29 is 13.2 Å². The van der Waals surface area contributed by atoms with Gasteiger partial charge in [0, 0.05) is 16.6 Å². The standard InChI is InChI=1S/C18H14N8O3S2/c19-31(28,29)11-7-5-10(6-8-11)20-14(27)9-30-18-25-24-17-23-22-15-12-3-1-2-4-13(12)21-16(15)26(17)18/h1-8,21H,9H2,(H,20,27)(H2,19,28,29). The number of nitrogens with one attached hydrogen (secondary N) is 2. The summed E-state index contributed by atoms with van der Waals surface area (Å²) in [7, 11) is -3.79. The molecule has 0 aliphatic rings. The number of fused-ring (bicyclic) bond motifs is 5. The van der Waals surface area contributed by atoms with Crippen LogP contribution >= 0.6 is 11.8 Å². The molecule has 13 heteroatoms. The molecule has 0 saturated heterocycles. The van der Waals surface area contributed by atoms with E-state index in [1.807, 2.05) is 24.3 Å². The number of aromatic nitrogens is 6. The van der Waals surface area contributed by atoms with Gasteiger partial charge in [0.15, 0.2) is 5.16 Å². The van der Waals surface area contributed by atoms with Crippen LogP contribution in [-0.2, 0) is 14.8 Å². The summed E-state index contributed by atoms with van der Waals surface area (Å²) in [5.74, 6) is 0.0856. The van der Waals surface area contributed by atoms with Crippen LogP contribution in [0.1, 0.15) is 0 Å². The zero-order chi connectivity index (χ0) is 21.6. The summed E-state index contributed by atoms with van der Waals surface area (Å²) in [6, 6.07) is 13.3. The fourth-order valence-corrected chi connectivity index (χ4v) is 4.39. The average Bonchev–Trinajstić information content (AvgIpc) is 3.33. The van der Waals surface area contributed by atoms with Gasteiger partial charge < -0.3 is 10.3 Å². The lowest BCUT2D eigenvalue weighted by Crippen LogP contribution is -2.15. The lowest BCUT2D eigenvalue weighted by molar-refractivity contribution is -0.113. The number of hydrogen-bond acceptors (Lipinski definition) is 8. The summed E-state index contributed by atoms with van der Waals surface area (Å²) in [4.78, 5) is 15.6. The first-order valence-electron chi connectivity index (χ1n) is 8.94. The van der Waals surface area contributed by atoms with E-state index < -0.39 is 10.0 Å². The highest BCUT2D eigenvalue weighted by atomic mass is 32.2. The Balaban J connectivity index is 1.37. The summed E-state index contributed by atoms with van der Waals surface area (Å²) in [5.41, 5.74) is 2.74. The highest BCUT2D eigenvalue weighted by Gasteiger charge is 2.16. The van der Waals surface area contributed by atoms with Crippen LogP contribution in [0.25, 0.3) is 27.8 Å². The van der Waals surface area contributed by atoms with Crippen LogP contribution in [0.4, 0.5) is 5.69 Å². The molecule has 0 atom stereocenters. The van der Waals surface area contributed by atoms with Gasteiger partial charge in [0.2, 0.25) is 15.9 Å². The Kier molecular flexibility index (Phi) is 4.57. The molecule has 0 aliphatic heterocycles. The Morgan fingerprint density at radius 3 is 2.58 bits per heavy atom. The number of benzene rings is 2. The van der Waals surface area contributed by atoms with Crippen LogP contribution in [-0.4, -0.2) is 49.9 Å². The molecule has 11 nitrogen and oxygen atoms in total. The van der Waals surface area contributed by atoms with Crippen LogP contribution in [0.15, 0.2) is 58.6 Å². The van der Waals surface area contributed by atoms with Crippen molar-refractivity contribution >= 4 is 61.2 Å². The number of hydrogen-bond donors (Lipinski definition) is 3. The zero-order valence-electron chi connectivity index (χ0n) is 15.7. The number of para-hydroxylation sites is 1. The van der Waals surface area contributed by atoms with E-state index in [0.717, 1.165) is 10.9 Å². The predicted molar refractivity (Wildman–Crippen MR) is 115 cm³/mol. The minimum Gasteiger partial charge on any atom is -0.339 e. The maximum atomic E-state index is 12.4. The summed E-state index contributed by atoms with van der Waals surface area (Å²) in [5, 5.41) is 25.7. The van der Waals surface area contributed by atoms with E-state index >= 15 is 0 Å². The molecule has 5 rings (SSSR count). The van der Waals surface area contributed by atoms with Crippen molar-refractivity contribution in [2.24, 2.45) is 5.14 Å². The number of anilines is 1. The van der Waals surface area contributed by atoms with Crippen LogP contribution in [0.2, 0.25) is 0 Å². The average molecular weight is 454 g/mol. The number of carbonyl (C=O) groups excluding carboxylic acids is 1. The number of H-pyrrole nitrogens is 1. The monoisotopic (exact) mass is 454 g/mol. The maximum absolute atomic E-state index is 12.4. The number of amides is 1. The van der Waals surface area contributed by atoms with E-state index in [4.69, 9.17) is 5.14 Å². The van der Waals surface area contributed by atoms with E-state index in [0.29, 0.717) is 27.8 Å². The number of nitrogens with two attached hydrogens (primary N) is 1. The van der Waals surface area contributed by atoms with Gasteiger partial charge in [-0.05, 0) is 30.3 Å². The van der Waals surface area contributed by atoms with Gasteiger partial charge >= 0.3 is 0 Å². The molecule has 4 N–H and O–H groups in total. The van der Waals surface area contributed by atoms with Gasteiger partial charge in [0.25, 0.3) is 5.78 Å². The van der Waals surface area contributed by atoms with Crippen molar-refractivity contribution in [3.63, 3.8) is 0 Å². The van der Waals surface area contributed by atoms with Gasteiger partial charge in [-0.1, -0.05) is 30.0 Å². The van der Waals surface area contributed by atoms with Crippen molar-refractivity contribution in [3.05, 3.63) is 48.5 Å². The van der Waals surface area contributed by atoms with Gasteiger partial charge in [-0.25, -0.2) is 18.0 Å². The van der Waals surface area contributed by atoms with Crippen molar-refractivity contribution in [1.29, 1.82) is 0 Å². The molecule has 0 aliphatic carbocycles. The van der Waals surface area contributed by atoms with E-state index in [-0.39, 0.29) is 16.6 Å². The molecule has 3 heterocycles. The fourth-order valence-electron chi connectivity index (χ4n) is 3.14. The lowest BCUT2D eigenvalue weighted by atomic mass is 10.2. The van der Waals surface area contributed by atoms with Crippen LogP contribution in [0.3, 0.4) is 0 Å². The largest absolute Gasteiger partial charge is 0.339 e. The Labute approximate surface area is 179 Å². The molecule has 0 saturated carbocycles. The first kappa shape index (κ1) is 19.4. The Morgan fingerprint density at radius 2 is 1.81 bits per heavy atom. The van der Waals surface area contributed by atoms with E-state index in [1.165, 1.54) is 36.0 Å². The van der Waals surface area contributed by atoms with Crippen molar-refractivity contribution in [3.8, 4) is 0 Å². The van der Waals surface area contributed by atoms with Crippen LogP contribution < -0.4 is 10.5 Å². The number of carbonyl (C=O) groups is 1. The van der Waals surface area contributed by atoms with Gasteiger partial charge in [0.1, 0.15) is 11.2 Å². The Bertz CT molecular complexity index is 1560. The third kappa shape index (κ3) is 3.58. The second-order valence-electron chi connectivity index (χ2n) is 6.59. The number of nitrogens with zero attached hydrogens (tertiary/aromatic N) is 5. The minimum absolute atomic E-state index is 0.0294. The minimum atomic E-state index is -3.79. The highest BCUT2D eigenvalue weighted by molar-refractivity contribution is 7.99. The number of primary sulfonamides is 1. The Morgan fingerprint density at radius 1 is 1.06 bits per heavy atom. The first-order valence-corrected chi connectivity index (χ1v) is 11.5. The van der Waals surface area contributed by atoms with Crippen molar-refractivity contribution in [2.75, 3.05) is 11.1 Å². The van der Waals surface area contributed by atoms with Gasteiger partial charge in [-0.2, -0.15) is 0 Å². The van der Waals surface area contributed by atoms with Crippen molar-refractivity contribution in [2.45, 2.75) is 10.1 Å². The highest BCUT2D eigenvalue weighted by Crippen LogP contribution is 2.26. The third-order valence-corrected chi connectivity index (χ3v) is 6.40. The summed E-state index contributed by atoms with van der Waals surface area (Å²) in [6.07, 6.45) is 0. The molecular weight excluding hydrogens is 440 g/mol. The molecular formula is C18H14N8O3S2. The van der Waals surface area contributed by atoms with Crippen LogP contribution in [0, 0.1) is 0 Å². The van der Waals surface area contributed by atoms with E-state index in [1.54, 1.807) is 4.40 Å². The molecule has 3 aromatic heterocycles. The Hall–Kier alpha value is -3.55. The summed E-state index contributed by atoms with van der Waals surface area (Å²) in [6.45, 7) is 0. The second-order valence-corrected chi connectivity index (χ2v) is 9.10. The van der Waals surface area contributed by atoms with E-state index in [2.05, 4.69) is 30.7 Å². The number of sulfonamides is 1. The smallest absolute Gasteiger partial charge is 0.276 e. The normalized spacial score (nSPS) is 12.0. The first-order chi connectivity index (χ1) is 14.9. The third-order valence-electron chi connectivity index (χ3n) is 4.54. The molecule has 31 heavy (non-hydrogen) atoms. The van der Waals surface area contributed by atoms with Gasteiger partial charge in [-0.15, -0.1) is 20.4 Å². The molecule has 0 radical (unpaired) electrons. The predicted octanol–water partition coefficient (Wildman–Crippen LogP) is 1.53. The molecule has 0 bridgehead atoms. The maximum Gasteiger partial charge on any atom is 0.276 e. The second kappa shape index (κ2) is 7.30.